The molecular weight excluding hydrogens is 336 g/mol. The molecule has 2 aliphatic rings. The number of amides is 1. The lowest BCUT2D eigenvalue weighted by molar-refractivity contribution is -0.127. The minimum absolute atomic E-state index is 0.120. The van der Waals surface area contributed by atoms with Gasteiger partial charge in [-0.15, -0.1) is 5.10 Å². The zero-order valence-electron chi connectivity index (χ0n) is 15.9. The Kier molecular flexibility index (Phi) is 5.19. The van der Waals surface area contributed by atoms with Crippen LogP contribution in [0.5, 0.6) is 0 Å². The highest BCUT2D eigenvalue weighted by atomic mass is 16.2. The number of hydrogen-bond donors (Lipinski definition) is 0. The molecule has 1 aromatic carbocycles. The number of fused-ring (bicyclic) bond motifs is 1. The van der Waals surface area contributed by atoms with E-state index in [4.69, 9.17) is 0 Å². The van der Waals surface area contributed by atoms with Crippen molar-refractivity contribution in [1.29, 1.82) is 0 Å². The SMILES string of the molecule is C/C(=C\c1ccccc1)C(=O)N1CCN(c2cc3c(nn2)CCCC3)CC1. The molecule has 27 heavy (non-hydrogen) atoms. The lowest BCUT2D eigenvalue weighted by Gasteiger charge is -2.35. The Morgan fingerprint density at radius 1 is 1.00 bits per heavy atom. The third-order valence-corrected chi connectivity index (χ3v) is 5.47. The first kappa shape index (κ1) is 17.7. The molecule has 0 N–H and O–H groups in total. The summed E-state index contributed by atoms with van der Waals surface area (Å²) in [6.45, 7) is 4.95. The molecule has 0 bridgehead atoms. The topological polar surface area (TPSA) is 49.3 Å². The second kappa shape index (κ2) is 7.91. The number of piperazine rings is 1. The normalized spacial score (nSPS) is 17.6. The van der Waals surface area contributed by atoms with Gasteiger partial charge in [-0.05, 0) is 55.9 Å². The maximum atomic E-state index is 12.7. The average molecular weight is 362 g/mol. The van der Waals surface area contributed by atoms with Crippen LogP contribution in [0.15, 0.2) is 42.0 Å². The Hall–Kier alpha value is -2.69. The fourth-order valence-corrected chi connectivity index (χ4v) is 3.88. The Bertz CT molecular complexity index is 839. The number of carbonyl (C=O) groups excluding carboxylic acids is 1. The maximum absolute atomic E-state index is 12.7. The van der Waals surface area contributed by atoms with Gasteiger partial charge in [0.1, 0.15) is 0 Å². The van der Waals surface area contributed by atoms with E-state index in [-0.39, 0.29) is 5.91 Å². The fourth-order valence-electron chi connectivity index (χ4n) is 3.88. The molecule has 0 saturated carbocycles. The van der Waals surface area contributed by atoms with E-state index >= 15 is 0 Å². The first-order valence-electron chi connectivity index (χ1n) is 9.84. The van der Waals surface area contributed by atoms with E-state index in [1.807, 2.05) is 48.2 Å². The van der Waals surface area contributed by atoms with E-state index in [0.717, 1.165) is 56.0 Å². The minimum atomic E-state index is 0.120. The molecule has 1 aliphatic carbocycles. The van der Waals surface area contributed by atoms with Crippen LogP contribution in [0.2, 0.25) is 0 Å². The van der Waals surface area contributed by atoms with E-state index in [2.05, 4.69) is 21.2 Å². The molecule has 1 aliphatic heterocycles. The number of aryl methyl sites for hydroxylation is 2. The molecular formula is C22H26N4O. The van der Waals surface area contributed by atoms with Gasteiger partial charge in [-0.1, -0.05) is 30.3 Å². The largest absolute Gasteiger partial charge is 0.352 e. The molecule has 4 rings (SSSR count). The van der Waals surface area contributed by atoms with E-state index < -0.39 is 0 Å². The van der Waals surface area contributed by atoms with Crippen LogP contribution in [0.25, 0.3) is 6.08 Å². The van der Waals surface area contributed by atoms with Gasteiger partial charge in [-0.3, -0.25) is 4.79 Å². The predicted molar refractivity (Wildman–Crippen MR) is 108 cm³/mol. The second-order valence-electron chi connectivity index (χ2n) is 7.40. The maximum Gasteiger partial charge on any atom is 0.249 e. The van der Waals surface area contributed by atoms with Gasteiger partial charge in [-0.25, -0.2) is 0 Å². The molecule has 2 heterocycles. The summed E-state index contributed by atoms with van der Waals surface area (Å²) in [5.41, 5.74) is 4.36. The summed E-state index contributed by atoms with van der Waals surface area (Å²) in [7, 11) is 0. The van der Waals surface area contributed by atoms with E-state index in [9.17, 15) is 4.79 Å². The van der Waals surface area contributed by atoms with Gasteiger partial charge >= 0.3 is 0 Å². The quantitative estimate of drug-likeness (QED) is 0.787. The van der Waals surface area contributed by atoms with Gasteiger partial charge in [0.2, 0.25) is 5.91 Å². The van der Waals surface area contributed by atoms with Gasteiger partial charge in [0.05, 0.1) is 5.69 Å². The summed E-state index contributed by atoms with van der Waals surface area (Å²) in [5.74, 6) is 1.08. The van der Waals surface area contributed by atoms with Crippen molar-refractivity contribution in [2.24, 2.45) is 0 Å². The molecule has 1 amide bonds. The van der Waals surface area contributed by atoms with E-state index in [1.165, 1.54) is 24.1 Å². The molecule has 1 fully saturated rings. The molecule has 1 aromatic heterocycles. The van der Waals surface area contributed by atoms with Crippen molar-refractivity contribution in [2.75, 3.05) is 31.1 Å². The van der Waals surface area contributed by atoms with Gasteiger partial charge in [0.15, 0.2) is 5.82 Å². The summed E-state index contributed by atoms with van der Waals surface area (Å²) in [6.07, 6.45) is 6.59. The lowest BCUT2D eigenvalue weighted by Crippen LogP contribution is -2.49. The Balaban J connectivity index is 1.38. The monoisotopic (exact) mass is 362 g/mol. The number of hydrogen-bond acceptors (Lipinski definition) is 4. The standard InChI is InChI=1S/C22H26N4O/c1-17(15-18-7-3-2-4-8-18)22(27)26-13-11-25(12-14-26)21-16-19-9-5-6-10-20(19)23-24-21/h2-4,7-8,15-16H,5-6,9-14H2,1H3/b17-15+. The van der Waals surface area contributed by atoms with Crippen LogP contribution < -0.4 is 4.90 Å². The Morgan fingerprint density at radius 2 is 1.74 bits per heavy atom. The fraction of sp³-hybridized carbons (Fsp3) is 0.409. The van der Waals surface area contributed by atoms with Crippen LogP contribution in [0, 0.1) is 0 Å². The summed E-state index contributed by atoms with van der Waals surface area (Å²) < 4.78 is 0. The van der Waals surface area contributed by atoms with Crippen LogP contribution in [-0.2, 0) is 17.6 Å². The number of aromatic nitrogens is 2. The molecule has 0 spiro atoms. The van der Waals surface area contributed by atoms with Crippen LogP contribution in [-0.4, -0.2) is 47.2 Å². The lowest BCUT2D eigenvalue weighted by atomic mass is 9.97. The highest BCUT2D eigenvalue weighted by molar-refractivity contribution is 5.97. The van der Waals surface area contributed by atoms with Crippen molar-refractivity contribution in [3.8, 4) is 0 Å². The number of anilines is 1. The van der Waals surface area contributed by atoms with Crippen LogP contribution in [0.3, 0.4) is 0 Å². The molecule has 0 radical (unpaired) electrons. The first-order valence-corrected chi connectivity index (χ1v) is 9.84. The van der Waals surface area contributed by atoms with Crippen LogP contribution in [0.4, 0.5) is 5.82 Å². The summed E-state index contributed by atoms with van der Waals surface area (Å²) in [5, 5.41) is 8.88. The minimum Gasteiger partial charge on any atom is -0.352 e. The summed E-state index contributed by atoms with van der Waals surface area (Å²) in [4.78, 5) is 16.9. The summed E-state index contributed by atoms with van der Waals surface area (Å²) >= 11 is 0. The van der Waals surface area contributed by atoms with Gasteiger partial charge in [0.25, 0.3) is 0 Å². The molecule has 0 atom stereocenters. The number of nitrogens with zero attached hydrogens (tertiary/aromatic N) is 4. The highest BCUT2D eigenvalue weighted by Crippen LogP contribution is 2.23. The zero-order valence-corrected chi connectivity index (χ0v) is 15.9. The predicted octanol–water partition coefficient (Wildman–Crippen LogP) is 3.11. The van der Waals surface area contributed by atoms with Crippen molar-refractivity contribution >= 4 is 17.8 Å². The third-order valence-electron chi connectivity index (χ3n) is 5.47. The van der Waals surface area contributed by atoms with Gasteiger partial charge in [-0.2, -0.15) is 5.10 Å². The first-order chi connectivity index (χ1) is 13.2. The molecule has 0 unspecified atom stereocenters. The molecule has 140 valence electrons. The molecule has 2 aromatic rings. The van der Waals surface area contributed by atoms with E-state index in [0.29, 0.717) is 0 Å². The van der Waals surface area contributed by atoms with Gasteiger partial charge in [0, 0.05) is 31.8 Å². The van der Waals surface area contributed by atoms with Crippen molar-refractivity contribution in [2.45, 2.75) is 32.6 Å². The summed E-state index contributed by atoms with van der Waals surface area (Å²) in [6, 6.07) is 12.2. The highest BCUT2D eigenvalue weighted by Gasteiger charge is 2.24. The van der Waals surface area contributed by atoms with Crippen molar-refractivity contribution in [3.63, 3.8) is 0 Å². The average Bonchev–Trinajstić information content (AvgIpc) is 2.73. The Morgan fingerprint density at radius 3 is 2.52 bits per heavy atom. The van der Waals surface area contributed by atoms with E-state index in [1.54, 1.807) is 0 Å². The molecule has 5 heteroatoms. The van der Waals surface area contributed by atoms with Gasteiger partial charge < -0.3 is 9.80 Å². The van der Waals surface area contributed by atoms with Crippen molar-refractivity contribution in [1.82, 2.24) is 15.1 Å². The molecule has 1 saturated heterocycles. The number of carbonyl (C=O) groups is 1. The zero-order chi connectivity index (χ0) is 18.6. The number of rotatable bonds is 3. The second-order valence-corrected chi connectivity index (χ2v) is 7.40. The van der Waals surface area contributed by atoms with Crippen molar-refractivity contribution < 1.29 is 4.79 Å². The Labute approximate surface area is 160 Å². The van der Waals surface area contributed by atoms with Crippen LogP contribution in [0.1, 0.15) is 36.6 Å². The number of benzene rings is 1. The molecule has 5 nitrogen and oxygen atoms in total. The van der Waals surface area contributed by atoms with Crippen molar-refractivity contribution in [3.05, 3.63) is 58.8 Å². The third kappa shape index (κ3) is 4.02. The smallest absolute Gasteiger partial charge is 0.249 e. The van der Waals surface area contributed by atoms with Crippen LogP contribution >= 0.6 is 0 Å².